The third-order valence-corrected chi connectivity index (χ3v) is 9.24. The molecule has 0 aliphatic heterocycles. The minimum atomic E-state index is -0.361. The van der Waals surface area contributed by atoms with Gasteiger partial charge in [-0.3, -0.25) is 4.57 Å². The van der Waals surface area contributed by atoms with Gasteiger partial charge >= 0.3 is 0 Å². The second-order valence-corrected chi connectivity index (χ2v) is 11.9. The highest BCUT2D eigenvalue weighted by Crippen LogP contribution is 2.38. The summed E-state index contributed by atoms with van der Waals surface area (Å²) in [6, 6.07) is 44.4. The van der Waals surface area contributed by atoms with Crippen LogP contribution in [0.25, 0.3) is 88.3 Å². The van der Waals surface area contributed by atoms with E-state index < -0.39 is 0 Å². The fourth-order valence-electron chi connectivity index (χ4n) is 7.19. The van der Waals surface area contributed by atoms with Crippen LogP contribution in [0.2, 0.25) is 0 Å². The number of fused-ring (bicyclic) bond motifs is 9. The van der Waals surface area contributed by atoms with E-state index in [0.717, 1.165) is 66.8 Å². The molecule has 0 radical (unpaired) electrons. The smallest absolute Gasteiger partial charge is 0.138 e. The topological polar surface area (TPSA) is 35.9 Å². The fourth-order valence-corrected chi connectivity index (χ4v) is 7.19. The first-order chi connectivity index (χ1) is 23.1. The lowest BCUT2D eigenvalue weighted by Crippen LogP contribution is -1.98. The van der Waals surface area contributed by atoms with Crippen LogP contribution in [0.15, 0.2) is 144 Å². The Balaban J connectivity index is 1.15. The molecule has 0 amide bonds. The second-order valence-electron chi connectivity index (χ2n) is 11.9. The van der Waals surface area contributed by atoms with Crippen LogP contribution in [0.1, 0.15) is 0 Å². The van der Waals surface area contributed by atoms with Crippen molar-refractivity contribution in [3.05, 3.63) is 151 Å². The Morgan fingerprint density at radius 1 is 0.447 bits per heavy atom. The standard InChI is InChI=1S/C41H23F2N3O/c42-25-13-16-37-30(21-25)31-22-26(43)14-17-38(31)45(37)27-15-19-40-33(23-27)32-20-24(12-18-39(32)47-40)34-8-5-11-41(44-34)46-35-9-3-1-6-28(35)29-7-2-4-10-36(29)46/h1-23H. The quantitative estimate of drug-likeness (QED) is 0.199. The first-order valence-electron chi connectivity index (χ1n) is 15.4. The Morgan fingerprint density at radius 2 is 1.04 bits per heavy atom. The van der Waals surface area contributed by atoms with E-state index in [0.29, 0.717) is 10.8 Å². The number of furan rings is 1. The Hall–Kier alpha value is -6.27. The maximum atomic E-state index is 14.3. The second kappa shape index (κ2) is 9.61. The van der Waals surface area contributed by atoms with Crippen LogP contribution in [0.3, 0.4) is 0 Å². The van der Waals surface area contributed by atoms with Gasteiger partial charge in [-0.25, -0.2) is 13.8 Å². The van der Waals surface area contributed by atoms with Crippen molar-refractivity contribution in [3.63, 3.8) is 0 Å². The van der Waals surface area contributed by atoms with Crippen molar-refractivity contribution in [1.29, 1.82) is 0 Å². The molecule has 0 spiro atoms. The summed E-state index contributed by atoms with van der Waals surface area (Å²) in [6.45, 7) is 0. The lowest BCUT2D eigenvalue weighted by Gasteiger charge is -2.09. The minimum Gasteiger partial charge on any atom is -0.456 e. The van der Waals surface area contributed by atoms with Crippen LogP contribution in [0, 0.1) is 11.6 Å². The van der Waals surface area contributed by atoms with Gasteiger partial charge in [0.15, 0.2) is 0 Å². The van der Waals surface area contributed by atoms with Crippen molar-refractivity contribution >= 4 is 65.6 Å². The number of hydrogen-bond acceptors (Lipinski definition) is 2. The number of halogens is 2. The molecule has 222 valence electrons. The molecule has 6 heteroatoms. The van der Waals surface area contributed by atoms with Crippen LogP contribution in [0.4, 0.5) is 8.78 Å². The van der Waals surface area contributed by atoms with Gasteiger partial charge in [0.05, 0.1) is 27.8 Å². The van der Waals surface area contributed by atoms with Crippen molar-refractivity contribution in [2.75, 3.05) is 0 Å². The van der Waals surface area contributed by atoms with Crippen molar-refractivity contribution in [2.24, 2.45) is 0 Å². The monoisotopic (exact) mass is 611 g/mol. The zero-order valence-corrected chi connectivity index (χ0v) is 24.8. The summed E-state index contributed by atoms with van der Waals surface area (Å²) in [6.07, 6.45) is 0. The summed E-state index contributed by atoms with van der Waals surface area (Å²) in [4.78, 5) is 5.16. The molecule has 10 rings (SSSR count). The van der Waals surface area contributed by atoms with E-state index in [4.69, 9.17) is 9.40 Å². The van der Waals surface area contributed by atoms with Gasteiger partial charge in [-0.2, -0.15) is 0 Å². The van der Waals surface area contributed by atoms with Gasteiger partial charge in [-0.1, -0.05) is 42.5 Å². The number of para-hydroxylation sites is 2. The summed E-state index contributed by atoms with van der Waals surface area (Å²) < 4.78 is 39.2. The molecule has 0 saturated carbocycles. The molecule has 0 saturated heterocycles. The lowest BCUT2D eigenvalue weighted by molar-refractivity contribution is 0.628. The number of aromatic nitrogens is 3. The van der Waals surface area contributed by atoms with Gasteiger partial charge in [0.1, 0.15) is 28.6 Å². The predicted octanol–water partition coefficient (Wildman–Crippen LogP) is 11.1. The molecular formula is C41H23F2N3O. The molecule has 4 heterocycles. The number of rotatable bonds is 3. The highest BCUT2D eigenvalue weighted by molar-refractivity contribution is 6.11. The molecule has 0 atom stereocenters. The first-order valence-corrected chi connectivity index (χ1v) is 15.4. The lowest BCUT2D eigenvalue weighted by atomic mass is 10.1. The van der Waals surface area contributed by atoms with Crippen molar-refractivity contribution < 1.29 is 13.2 Å². The van der Waals surface area contributed by atoms with Crippen LogP contribution >= 0.6 is 0 Å². The predicted molar refractivity (Wildman–Crippen MR) is 186 cm³/mol. The molecule has 0 N–H and O–H groups in total. The molecule has 0 aliphatic rings. The number of nitrogens with zero attached hydrogens (tertiary/aromatic N) is 3. The van der Waals surface area contributed by atoms with Crippen molar-refractivity contribution in [1.82, 2.24) is 14.1 Å². The molecule has 0 bridgehead atoms. The molecule has 4 nitrogen and oxygen atoms in total. The van der Waals surface area contributed by atoms with Crippen LogP contribution in [-0.2, 0) is 0 Å². The van der Waals surface area contributed by atoms with E-state index in [1.807, 2.05) is 47.0 Å². The van der Waals surface area contributed by atoms with E-state index in [1.54, 1.807) is 12.1 Å². The Kier molecular flexibility index (Phi) is 5.32. The first kappa shape index (κ1) is 26.0. The molecule has 6 aromatic carbocycles. The van der Waals surface area contributed by atoms with Crippen LogP contribution < -0.4 is 0 Å². The minimum absolute atomic E-state index is 0.361. The summed E-state index contributed by atoms with van der Waals surface area (Å²) >= 11 is 0. The summed E-state index contributed by atoms with van der Waals surface area (Å²) in [5, 5.41) is 5.60. The molecule has 0 unspecified atom stereocenters. The van der Waals surface area contributed by atoms with Gasteiger partial charge in [0, 0.05) is 43.6 Å². The van der Waals surface area contributed by atoms with E-state index in [-0.39, 0.29) is 11.6 Å². The Morgan fingerprint density at radius 3 is 1.72 bits per heavy atom. The van der Waals surface area contributed by atoms with Gasteiger partial charge in [0.2, 0.25) is 0 Å². The average Bonchev–Trinajstić information content (AvgIpc) is 3.75. The fraction of sp³-hybridized carbons (Fsp3) is 0. The SMILES string of the molecule is Fc1ccc2c(c1)c1cc(F)ccc1n2-c1ccc2oc3ccc(-c4cccc(-n5c6ccccc6c6ccccc65)n4)cc3c2c1. The third kappa shape index (κ3) is 3.82. The van der Waals surface area contributed by atoms with Crippen molar-refractivity contribution in [2.45, 2.75) is 0 Å². The Labute approximate surface area is 266 Å². The van der Waals surface area contributed by atoms with E-state index >= 15 is 0 Å². The summed E-state index contributed by atoms with van der Waals surface area (Å²) in [7, 11) is 0. The highest BCUT2D eigenvalue weighted by atomic mass is 19.1. The van der Waals surface area contributed by atoms with Gasteiger partial charge in [-0.15, -0.1) is 0 Å². The summed E-state index contributed by atoms with van der Waals surface area (Å²) in [5.41, 5.74) is 8.03. The van der Waals surface area contributed by atoms with E-state index in [1.165, 1.54) is 35.0 Å². The summed E-state index contributed by atoms with van der Waals surface area (Å²) in [5.74, 6) is 0.125. The Bertz CT molecular complexity index is 2780. The third-order valence-electron chi connectivity index (χ3n) is 9.24. The van der Waals surface area contributed by atoms with E-state index in [2.05, 4.69) is 65.2 Å². The average molecular weight is 612 g/mol. The maximum Gasteiger partial charge on any atom is 0.138 e. The zero-order chi connectivity index (χ0) is 31.2. The van der Waals surface area contributed by atoms with Gasteiger partial charge < -0.3 is 8.98 Å². The maximum absolute atomic E-state index is 14.3. The number of benzene rings is 6. The molecule has 47 heavy (non-hydrogen) atoms. The van der Waals surface area contributed by atoms with Crippen LogP contribution in [0.5, 0.6) is 0 Å². The van der Waals surface area contributed by atoms with Gasteiger partial charge in [-0.05, 0) is 97.1 Å². The van der Waals surface area contributed by atoms with E-state index in [9.17, 15) is 8.78 Å². The molecule has 4 aromatic heterocycles. The molecule has 10 aromatic rings. The van der Waals surface area contributed by atoms with Crippen molar-refractivity contribution in [3.8, 4) is 22.8 Å². The number of pyridine rings is 1. The van der Waals surface area contributed by atoms with Gasteiger partial charge in [0.25, 0.3) is 0 Å². The number of hydrogen-bond donors (Lipinski definition) is 0. The molecule has 0 fully saturated rings. The molecular weight excluding hydrogens is 588 g/mol. The van der Waals surface area contributed by atoms with Crippen LogP contribution in [-0.4, -0.2) is 14.1 Å². The normalized spacial score (nSPS) is 12.0. The highest BCUT2D eigenvalue weighted by Gasteiger charge is 2.17. The molecule has 0 aliphatic carbocycles. The zero-order valence-electron chi connectivity index (χ0n) is 24.8. The largest absolute Gasteiger partial charge is 0.456 e.